The highest BCUT2D eigenvalue weighted by Crippen LogP contribution is 2.22. The lowest BCUT2D eigenvalue weighted by molar-refractivity contribution is -0.141. The summed E-state index contributed by atoms with van der Waals surface area (Å²) in [6, 6.07) is 4.84. The second-order valence-electron chi connectivity index (χ2n) is 3.36. The molecule has 0 aliphatic carbocycles. The molecule has 1 amide bonds. The number of carbonyl (C=O) groups is 2. The topological polar surface area (TPSA) is 46.6 Å². The molecule has 4 nitrogen and oxygen atoms in total. The van der Waals surface area contributed by atoms with Crippen molar-refractivity contribution in [1.29, 1.82) is 0 Å². The van der Waals surface area contributed by atoms with Gasteiger partial charge in [0.1, 0.15) is 6.54 Å². The maximum Gasteiger partial charge on any atom is 0.325 e. The standard InChI is InChI=1S/C11H11BrClNO3/c1-14(6-10(15)17-2)11(16)8-4-3-7(13)5-9(8)12/h3-5H,6H2,1-2H3. The molecule has 6 heteroatoms. The maximum atomic E-state index is 12.0. The van der Waals surface area contributed by atoms with E-state index in [-0.39, 0.29) is 12.5 Å². The van der Waals surface area contributed by atoms with Gasteiger partial charge in [-0.2, -0.15) is 0 Å². The molecule has 0 heterocycles. The lowest BCUT2D eigenvalue weighted by Gasteiger charge is -2.16. The minimum absolute atomic E-state index is 0.0929. The van der Waals surface area contributed by atoms with Gasteiger partial charge < -0.3 is 9.64 Å². The highest BCUT2D eigenvalue weighted by molar-refractivity contribution is 9.10. The summed E-state index contributed by atoms with van der Waals surface area (Å²) >= 11 is 9.03. The van der Waals surface area contributed by atoms with Gasteiger partial charge in [0.25, 0.3) is 5.91 Å². The molecule has 1 aromatic carbocycles. The number of rotatable bonds is 3. The number of esters is 1. The zero-order valence-electron chi connectivity index (χ0n) is 9.37. The predicted molar refractivity (Wildman–Crippen MR) is 68.1 cm³/mol. The van der Waals surface area contributed by atoms with Crippen molar-refractivity contribution < 1.29 is 14.3 Å². The van der Waals surface area contributed by atoms with Crippen LogP contribution in [0.1, 0.15) is 10.4 Å². The highest BCUT2D eigenvalue weighted by atomic mass is 79.9. The van der Waals surface area contributed by atoms with Crippen LogP contribution in [0.25, 0.3) is 0 Å². The summed E-state index contributed by atoms with van der Waals surface area (Å²) in [5.41, 5.74) is 0.445. The lowest BCUT2D eigenvalue weighted by Crippen LogP contribution is -2.32. The molecule has 1 rings (SSSR count). The molecule has 0 radical (unpaired) electrons. The van der Waals surface area contributed by atoms with Crippen LogP contribution in [-0.4, -0.2) is 37.5 Å². The molecule has 0 aromatic heterocycles. The van der Waals surface area contributed by atoms with Gasteiger partial charge in [-0.25, -0.2) is 0 Å². The third kappa shape index (κ3) is 3.71. The predicted octanol–water partition coefficient (Wildman–Crippen LogP) is 2.35. The van der Waals surface area contributed by atoms with Gasteiger partial charge in [0, 0.05) is 16.5 Å². The molecular formula is C11H11BrClNO3. The van der Waals surface area contributed by atoms with Crippen molar-refractivity contribution in [1.82, 2.24) is 4.90 Å². The monoisotopic (exact) mass is 319 g/mol. The first kappa shape index (κ1) is 14.0. The maximum absolute atomic E-state index is 12.0. The molecule has 0 atom stereocenters. The van der Waals surface area contributed by atoms with Crippen molar-refractivity contribution in [2.75, 3.05) is 20.7 Å². The van der Waals surface area contributed by atoms with E-state index in [1.807, 2.05) is 0 Å². The number of hydrogen-bond acceptors (Lipinski definition) is 3. The van der Waals surface area contributed by atoms with Crippen LogP contribution < -0.4 is 0 Å². The Hall–Kier alpha value is -1.07. The van der Waals surface area contributed by atoms with Crippen molar-refractivity contribution in [2.24, 2.45) is 0 Å². The SMILES string of the molecule is COC(=O)CN(C)C(=O)c1ccc(Cl)cc1Br. The molecule has 0 saturated carbocycles. The molecule has 1 aromatic rings. The van der Waals surface area contributed by atoms with Gasteiger partial charge in [-0.05, 0) is 34.1 Å². The summed E-state index contributed by atoms with van der Waals surface area (Å²) in [7, 11) is 2.80. The number of nitrogens with zero attached hydrogens (tertiary/aromatic N) is 1. The Balaban J connectivity index is 2.85. The zero-order chi connectivity index (χ0) is 13.0. The normalized spacial score (nSPS) is 9.88. The van der Waals surface area contributed by atoms with E-state index in [0.717, 1.165) is 0 Å². The van der Waals surface area contributed by atoms with E-state index in [2.05, 4.69) is 20.7 Å². The molecule has 0 spiro atoms. The molecule has 0 aliphatic rings. The molecule has 17 heavy (non-hydrogen) atoms. The van der Waals surface area contributed by atoms with E-state index in [1.54, 1.807) is 18.2 Å². The van der Waals surface area contributed by atoms with Gasteiger partial charge >= 0.3 is 5.97 Å². The van der Waals surface area contributed by atoms with Crippen molar-refractivity contribution in [3.63, 3.8) is 0 Å². The van der Waals surface area contributed by atoms with Crippen LogP contribution in [0.15, 0.2) is 22.7 Å². The van der Waals surface area contributed by atoms with Crippen molar-refractivity contribution in [3.05, 3.63) is 33.3 Å². The van der Waals surface area contributed by atoms with Crippen molar-refractivity contribution >= 4 is 39.4 Å². The Morgan fingerprint density at radius 1 is 1.47 bits per heavy atom. The Kier molecular flexibility index (Phi) is 4.96. The van der Waals surface area contributed by atoms with Gasteiger partial charge in [-0.3, -0.25) is 9.59 Å². The van der Waals surface area contributed by atoms with Crippen LogP contribution >= 0.6 is 27.5 Å². The lowest BCUT2D eigenvalue weighted by atomic mass is 10.2. The summed E-state index contributed by atoms with van der Waals surface area (Å²) in [6.45, 7) is -0.0929. The summed E-state index contributed by atoms with van der Waals surface area (Å²) < 4.78 is 5.08. The fourth-order valence-electron chi connectivity index (χ4n) is 1.20. The third-order valence-corrected chi connectivity index (χ3v) is 2.99. The molecule has 0 aliphatic heterocycles. The third-order valence-electron chi connectivity index (χ3n) is 2.10. The number of carbonyl (C=O) groups excluding carboxylic acids is 2. The number of ether oxygens (including phenoxy) is 1. The zero-order valence-corrected chi connectivity index (χ0v) is 11.7. The number of likely N-dealkylation sites (N-methyl/N-ethyl adjacent to an activating group) is 1. The minimum atomic E-state index is -0.467. The average molecular weight is 321 g/mol. The smallest absolute Gasteiger partial charge is 0.325 e. The summed E-state index contributed by atoms with van der Waals surface area (Å²) in [5, 5.41) is 0.532. The van der Waals surface area contributed by atoms with Crippen LogP contribution in [-0.2, 0) is 9.53 Å². The van der Waals surface area contributed by atoms with Crippen LogP contribution in [0.5, 0.6) is 0 Å². The average Bonchev–Trinajstić information content (AvgIpc) is 2.28. The number of amides is 1. The highest BCUT2D eigenvalue weighted by Gasteiger charge is 2.17. The van der Waals surface area contributed by atoms with E-state index in [1.165, 1.54) is 19.1 Å². The molecule has 0 saturated heterocycles. The number of benzene rings is 1. The van der Waals surface area contributed by atoms with E-state index in [4.69, 9.17) is 11.6 Å². The molecule has 0 unspecified atom stereocenters. The van der Waals surface area contributed by atoms with Crippen molar-refractivity contribution in [3.8, 4) is 0 Å². The summed E-state index contributed by atoms with van der Waals surface area (Å²) in [5.74, 6) is -0.745. The molecule has 0 fully saturated rings. The second kappa shape index (κ2) is 6.02. The van der Waals surface area contributed by atoms with Crippen LogP contribution in [0.4, 0.5) is 0 Å². The van der Waals surface area contributed by atoms with Gasteiger partial charge in [0.15, 0.2) is 0 Å². The fraction of sp³-hybridized carbons (Fsp3) is 0.273. The Labute approximate surface area is 113 Å². The summed E-state index contributed by atoms with van der Waals surface area (Å²) in [6.07, 6.45) is 0. The Morgan fingerprint density at radius 3 is 2.65 bits per heavy atom. The largest absolute Gasteiger partial charge is 0.468 e. The number of methoxy groups -OCH3 is 1. The van der Waals surface area contributed by atoms with Gasteiger partial charge in [0.05, 0.1) is 12.7 Å². The molecule has 92 valence electrons. The number of halogens is 2. The van der Waals surface area contributed by atoms with Gasteiger partial charge in [-0.1, -0.05) is 11.6 Å². The van der Waals surface area contributed by atoms with E-state index in [0.29, 0.717) is 15.1 Å². The van der Waals surface area contributed by atoms with Gasteiger partial charge in [-0.15, -0.1) is 0 Å². The second-order valence-corrected chi connectivity index (χ2v) is 4.65. The molecule has 0 bridgehead atoms. The van der Waals surface area contributed by atoms with E-state index >= 15 is 0 Å². The quantitative estimate of drug-likeness (QED) is 0.803. The van der Waals surface area contributed by atoms with Gasteiger partial charge in [0.2, 0.25) is 0 Å². The molecule has 0 N–H and O–H groups in total. The fourth-order valence-corrected chi connectivity index (χ4v) is 2.05. The van der Waals surface area contributed by atoms with Crippen LogP contribution in [0, 0.1) is 0 Å². The first-order chi connectivity index (χ1) is 7.95. The van der Waals surface area contributed by atoms with Crippen LogP contribution in [0.3, 0.4) is 0 Å². The van der Waals surface area contributed by atoms with E-state index < -0.39 is 5.97 Å². The van der Waals surface area contributed by atoms with Crippen molar-refractivity contribution in [2.45, 2.75) is 0 Å². The first-order valence-corrected chi connectivity index (χ1v) is 5.90. The Morgan fingerprint density at radius 2 is 2.12 bits per heavy atom. The van der Waals surface area contributed by atoms with E-state index in [9.17, 15) is 9.59 Å². The minimum Gasteiger partial charge on any atom is -0.468 e. The summed E-state index contributed by atoms with van der Waals surface area (Å²) in [4.78, 5) is 24.3. The number of hydrogen-bond donors (Lipinski definition) is 0. The first-order valence-electron chi connectivity index (χ1n) is 4.73. The Bertz CT molecular complexity index is 450. The molecular weight excluding hydrogens is 309 g/mol. The van der Waals surface area contributed by atoms with Crippen LogP contribution in [0.2, 0.25) is 5.02 Å².